The van der Waals surface area contributed by atoms with Crippen molar-refractivity contribution in [3.8, 4) is 0 Å². The third-order valence-electron chi connectivity index (χ3n) is 6.46. The molecule has 1 aliphatic carbocycles. The van der Waals surface area contributed by atoms with E-state index in [1.165, 1.54) is 30.0 Å². The fraction of sp³-hybridized carbons (Fsp3) is 0.778. The number of nitrogens with one attached hydrogen (secondary N) is 1. The molecule has 12 heteroatoms. The molecule has 0 unspecified atom stereocenters. The van der Waals surface area contributed by atoms with Crippen LogP contribution >= 0.6 is 17.1 Å². The van der Waals surface area contributed by atoms with E-state index in [9.17, 15) is 14.7 Å². The van der Waals surface area contributed by atoms with Gasteiger partial charge in [-0.05, 0) is 31.6 Å². The molecule has 0 amide bonds. The van der Waals surface area contributed by atoms with E-state index in [1.807, 2.05) is 0 Å². The van der Waals surface area contributed by atoms with Crippen molar-refractivity contribution < 1.29 is 23.6 Å². The van der Waals surface area contributed by atoms with Gasteiger partial charge in [0.2, 0.25) is 5.69 Å². The van der Waals surface area contributed by atoms with Gasteiger partial charge in [0.05, 0.1) is 19.8 Å². The highest BCUT2D eigenvalue weighted by atomic mass is 32.9. The van der Waals surface area contributed by atoms with Crippen molar-refractivity contribution in [1.29, 1.82) is 0 Å². The summed E-state index contributed by atoms with van der Waals surface area (Å²) in [7, 11) is 0. The maximum Gasteiger partial charge on any atom is 0.330 e. The number of fused-ring (bicyclic) bond motifs is 2. The van der Waals surface area contributed by atoms with Gasteiger partial charge in [0.25, 0.3) is 5.56 Å². The lowest BCUT2D eigenvalue weighted by Gasteiger charge is -2.32. The number of rotatable bonds is 4. The molecule has 1 saturated carbocycles. The summed E-state index contributed by atoms with van der Waals surface area (Å²) in [5, 5.41) is 10.1. The predicted octanol–water partition coefficient (Wildman–Crippen LogP) is 1.58. The molecule has 30 heavy (non-hydrogen) atoms. The topological polar surface area (TPSA) is 112 Å². The average molecular weight is 477 g/mol. The molecule has 5 atom stereocenters. The smallest absolute Gasteiger partial charge is 0.330 e. The number of ether oxygens (including phenoxy) is 2. The molecule has 9 nitrogen and oxygen atoms in total. The molecule has 4 aliphatic rings. The van der Waals surface area contributed by atoms with E-state index < -0.39 is 41.0 Å². The van der Waals surface area contributed by atoms with E-state index in [0.29, 0.717) is 12.2 Å². The highest BCUT2D eigenvalue weighted by molar-refractivity contribution is 8.68. The predicted molar refractivity (Wildman–Crippen MR) is 114 cm³/mol. The van der Waals surface area contributed by atoms with Crippen molar-refractivity contribution in [2.45, 2.75) is 67.8 Å². The molecule has 1 aromatic rings. The Morgan fingerprint density at radius 2 is 2.13 bits per heavy atom. The van der Waals surface area contributed by atoms with Crippen LogP contribution < -0.4 is 11.2 Å². The number of hydrogen-bond donors (Lipinski definition) is 2. The van der Waals surface area contributed by atoms with Crippen molar-refractivity contribution >= 4 is 28.9 Å². The monoisotopic (exact) mass is 476 g/mol. The lowest BCUT2D eigenvalue weighted by Crippen LogP contribution is -2.45. The van der Waals surface area contributed by atoms with Crippen LogP contribution in [0.2, 0.25) is 0 Å². The van der Waals surface area contributed by atoms with Crippen LogP contribution in [0.5, 0.6) is 0 Å². The molecule has 2 bridgehead atoms. The van der Waals surface area contributed by atoms with E-state index in [0.717, 1.165) is 12.8 Å². The van der Waals surface area contributed by atoms with E-state index in [-0.39, 0.29) is 18.0 Å². The van der Waals surface area contributed by atoms with Crippen LogP contribution in [0.1, 0.15) is 43.9 Å². The summed E-state index contributed by atoms with van der Waals surface area (Å²) in [4.78, 5) is 26.4. The van der Waals surface area contributed by atoms with Crippen molar-refractivity contribution in [3.05, 3.63) is 32.6 Å². The largest absolute Gasteiger partial charge is 0.393 e. The fourth-order valence-corrected chi connectivity index (χ4v) is 11.8. The van der Waals surface area contributed by atoms with Gasteiger partial charge in [-0.25, -0.2) is 4.79 Å². The van der Waals surface area contributed by atoms with Crippen LogP contribution in [-0.2, 0) is 30.3 Å². The maximum atomic E-state index is 12.4. The Labute approximate surface area is 182 Å². The van der Waals surface area contributed by atoms with E-state index in [4.69, 9.17) is 30.3 Å². The number of H-pyrrole nitrogens is 1. The standard InChI is InChI=1S/C18H25N2O7PS2/c1-11-7-20(16(23)19-14(11)22)15-12-13(18(8-21,26-15)10-24-12)27-28(29)25-9-17(30-28)5-3-2-4-6-17/h7,12-13,15,21H,2-6,8-10H2,1H3,(H,19,22,23)/t12-,13+,15-,18+,28-/m1/s1. The number of aryl methyl sites for hydroxylation is 1. The van der Waals surface area contributed by atoms with E-state index in [2.05, 4.69) is 4.98 Å². The first kappa shape index (κ1) is 21.3. The summed E-state index contributed by atoms with van der Waals surface area (Å²) in [6.07, 6.45) is 5.01. The quantitative estimate of drug-likeness (QED) is 0.626. The zero-order valence-electron chi connectivity index (χ0n) is 16.6. The van der Waals surface area contributed by atoms with Crippen molar-refractivity contribution in [2.24, 2.45) is 0 Å². The number of aromatic amines is 1. The SMILES string of the molecule is Cc1cn([C@@H]2O[C@@]3(CO)CO[C@@H]2[C@@H]3O[P@@]2(=S)OCC3(CCCCC3)S2)c(=O)[nH]c1=O. The molecule has 3 aliphatic heterocycles. The first-order valence-corrected chi connectivity index (χ1v) is 14.2. The Balaban J connectivity index is 1.42. The minimum absolute atomic E-state index is 0.0197. The van der Waals surface area contributed by atoms with Crippen molar-refractivity contribution in [2.75, 3.05) is 19.8 Å². The molecule has 1 aromatic heterocycles. The Kier molecular flexibility index (Phi) is 5.35. The second kappa shape index (κ2) is 7.52. The second-order valence-electron chi connectivity index (χ2n) is 8.57. The molecule has 2 N–H and O–H groups in total. The second-order valence-corrected chi connectivity index (χ2v) is 15.1. The summed E-state index contributed by atoms with van der Waals surface area (Å²) in [5.74, 6) is 0. The fourth-order valence-electron chi connectivity index (χ4n) is 4.78. The minimum atomic E-state index is -2.66. The molecular formula is C18H25N2O7PS2. The molecule has 4 fully saturated rings. The number of aromatic nitrogens is 2. The van der Waals surface area contributed by atoms with Crippen LogP contribution in [0.4, 0.5) is 0 Å². The third kappa shape index (κ3) is 3.38. The lowest BCUT2D eigenvalue weighted by atomic mass is 9.89. The molecule has 4 heterocycles. The molecule has 0 radical (unpaired) electrons. The molecule has 166 valence electrons. The molecule has 0 aromatic carbocycles. The van der Waals surface area contributed by atoms with Gasteiger partial charge in [-0.1, -0.05) is 30.6 Å². The van der Waals surface area contributed by atoms with Gasteiger partial charge >= 0.3 is 5.69 Å². The molecular weight excluding hydrogens is 451 g/mol. The summed E-state index contributed by atoms with van der Waals surface area (Å²) in [6.45, 7) is 1.99. The lowest BCUT2D eigenvalue weighted by molar-refractivity contribution is -0.187. The normalized spacial score (nSPS) is 39.7. The first-order valence-electron chi connectivity index (χ1n) is 10.1. The average Bonchev–Trinajstić information content (AvgIpc) is 3.33. The van der Waals surface area contributed by atoms with Gasteiger partial charge in [0.1, 0.15) is 17.8 Å². The van der Waals surface area contributed by atoms with Crippen molar-refractivity contribution in [1.82, 2.24) is 9.55 Å². The van der Waals surface area contributed by atoms with Crippen LogP contribution in [0.15, 0.2) is 15.8 Å². The van der Waals surface area contributed by atoms with Crippen LogP contribution in [0.3, 0.4) is 0 Å². The van der Waals surface area contributed by atoms with Gasteiger partial charge in [-0.2, -0.15) is 0 Å². The number of aliphatic hydroxyl groups is 1. The highest BCUT2D eigenvalue weighted by Gasteiger charge is 2.65. The van der Waals surface area contributed by atoms with E-state index in [1.54, 1.807) is 18.3 Å². The molecule has 5 rings (SSSR count). The van der Waals surface area contributed by atoms with Crippen LogP contribution in [-0.4, -0.2) is 57.0 Å². The molecule has 3 saturated heterocycles. The van der Waals surface area contributed by atoms with E-state index >= 15 is 0 Å². The van der Waals surface area contributed by atoms with Gasteiger partial charge in [0.15, 0.2) is 6.23 Å². The number of aliphatic hydroxyl groups excluding tert-OH is 1. The Morgan fingerprint density at radius 1 is 1.37 bits per heavy atom. The number of hydrogen-bond acceptors (Lipinski definition) is 9. The first-order chi connectivity index (χ1) is 14.3. The zero-order valence-corrected chi connectivity index (χ0v) is 19.1. The summed E-state index contributed by atoms with van der Waals surface area (Å²) in [6, 6.07) is 0. The maximum absolute atomic E-state index is 12.4. The summed E-state index contributed by atoms with van der Waals surface area (Å²) in [5.41, 5.74) is -4.47. The summed E-state index contributed by atoms with van der Waals surface area (Å²) < 4.78 is 25.8. The summed E-state index contributed by atoms with van der Waals surface area (Å²) >= 11 is 7.47. The van der Waals surface area contributed by atoms with Gasteiger partial charge < -0.3 is 23.6 Å². The van der Waals surface area contributed by atoms with Crippen molar-refractivity contribution in [3.63, 3.8) is 0 Å². The molecule has 1 spiro atoms. The Hall–Kier alpha value is -0.520. The van der Waals surface area contributed by atoms with Gasteiger partial charge in [0, 0.05) is 16.5 Å². The van der Waals surface area contributed by atoms with Crippen LogP contribution in [0, 0.1) is 6.92 Å². The van der Waals surface area contributed by atoms with Gasteiger partial charge in [-0.3, -0.25) is 14.3 Å². The minimum Gasteiger partial charge on any atom is -0.393 e. The number of nitrogens with zero attached hydrogens (tertiary/aromatic N) is 1. The third-order valence-corrected chi connectivity index (χ3v) is 12.2. The Morgan fingerprint density at radius 3 is 2.87 bits per heavy atom. The zero-order chi connectivity index (χ0) is 21.1. The van der Waals surface area contributed by atoms with Gasteiger partial charge in [-0.15, -0.1) is 0 Å². The Bertz CT molecular complexity index is 1010. The highest BCUT2D eigenvalue weighted by Crippen LogP contribution is 2.74. The van der Waals surface area contributed by atoms with Crippen LogP contribution in [0.25, 0.3) is 0 Å².